The van der Waals surface area contributed by atoms with Crippen molar-refractivity contribution in [2.24, 2.45) is 0 Å². The van der Waals surface area contributed by atoms with E-state index in [1.165, 1.54) is 48.5 Å². The number of nitro benzene ring substituents is 1. The van der Waals surface area contributed by atoms with Gasteiger partial charge in [0.1, 0.15) is 5.82 Å². The Hall–Kier alpha value is -4.31. The van der Waals surface area contributed by atoms with Crippen LogP contribution in [0.2, 0.25) is 5.02 Å². The van der Waals surface area contributed by atoms with Crippen molar-refractivity contribution in [2.75, 3.05) is 18.4 Å². The van der Waals surface area contributed by atoms with Crippen LogP contribution in [0.3, 0.4) is 0 Å². The van der Waals surface area contributed by atoms with E-state index in [4.69, 9.17) is 11.6 Å². The van der Waals surface area contributed by atoms with E-state index in [2.05, 4.69) is 16.0 Å². The van der Waals surface area contributed by atoms with Crippen molar-refractivity contribution >= 4 is 40.7 Å². The predicted octanol–water partition coefficient (Wildman–Crippen LogP) is 3.80. The van der Waals surface area contributed by atoms with Crippen LogP contribution >= 0.6 is 11.6 Å². The molecule has 3 aromatic carbocycles. The number of nitro groups is 1. The molecule has 0 aliphatic rings. The zero-order chi connectivity index (χ0) is 24.7. The van der Waals surface area contributed by atoms with Crippen LogP contribution in [0.4, 0.5) is 15.8 Å². The molecule has 3 N–H and O–H groups in total. The Morgan fingerprint density at radius 3 is 2.00 bits per heavy atom. The van der Waals surface area contributed by atoms with Crippen molar-refractivity contribution < 1.29 is 23.7 Å². The first-order valence-corrected chi connectivity index (χ1v) is 10.3. The summed E-state index contributed by atoms with van der Waals surface area (Å²) < 4.78 is 13.0. The summed E-state index contributed by atoms with van der Waals surface area (Å²) in [5, 5.41) is 18.7. The number of rotatable bonds is 8. The topological polar surface area (TPSA) is 130 Å². The number of hydrogen-bond donors (Lipinski definition) is 3. The molecule has 0 aliphatic carbocycles. The number of amides is 3. The third-order valence-corrected chi connectivity index (χ3v) is 4.94. The Balaban J connectivity index is 1.47. The van der Waals surface area contributed by atoms with Crippen molar-refractivity contribution in [3.8, 4) is 0 Å². The third kappa shape index (κ3) is 6.36. The van der Waals surface area contributed by atoms with Gasteiger partial charge in [-0.3, -0.25) is 24.5 Å². The lowest BCUT2D eigenvalue weighted by atomic mass is 10.1. The number of nitrogens with one attached hydrogen (secondary N) is 3. The summed E-state index contributed by atoms with van der Waals surface area (Å²) in [6, 6.07) is 14.7. The molecule has 174 valence electrons. The van der Waals surface area contributed by atoms with E-state index in [0.717, 1.165) is 6.07 Å². The average Bonchev–Trinajstić information content (AvgIpc) is 2.82. The second kappa shape index (κ2) is 11.0. The largest absolute Gasteiger partial charge is 0.350 e. The molecule has 0 aromatic heterocycles. The zero-order valence-corrected chi connectivity index (χ0v) is 18.3. The Morgan fingerprint density at radius 2 is 1.38 bits per heavy atom. The molecule has 11 heteroatoms. The first-order chi connectivity index (χ1) is 16.2. The van der Waals surface area contributed by atoms with Crippen molar-refractivity contribution in [3.63, 3.8) is 0 Å². The highest BCUT2D eigenvalue weighted by Gasteiger charge is 2.15. The molecule has 3 aromatic rings. The van der Waals surface area contributed by atoms with Gasteiger partial charge in [0.15, 0.2) is 0 Å². The van der Waals surface area contributed by atoms with E-state index < -0.39 is 28.5 Å². The number of halogens is 2. The maximum absolute atomic E-state index is 13.0. The minimum absolute atomic E-state index is 0.0412. The van der Waals surface area contributed by atoms with E-state index in [0.29, 0.717) is 11.3 Å². The van der Waals surface area contributed by atoms with E-state index in [1.54, 1.807) is 12.1 Å². The van der Waals surface area contributed by atoms with Gasteiger partial charge in [-0.05, 0) is 54.6 Å². The SMILES string of the molecule is O=C(NCCNC(=O)c1cc([N+](=O)[O-])ccc1Cl)c1ccc(NC(=O)c2ccc(F)cc2)cc1. The lowest BCUT2D eigenvalue weighted by Gasteiger charge is -2.09. The Bertz CT molecular complexity index is 1230. The number of carbonyl (C=O) groups excluding carboxylic acids is 3. The van der Waals surface area contributed by atoms with Gasteiger partial charge in [0, 0.05) is 42.0 Å². The molecule has 0 unspecified atom stereocenters. The van der Waals surface area contributed by atoms with Gasteiger partial charge >= 0.3 is 0 Å². The van der Waals surface area contributed by atoms with E-state index in [9.17, 15) is 28.9 Å². The molecule has 0 atom stereocenters. The number of non-ortho nitro benzene ring substituents is 1. The van der Waals surface area contributed by atoms with Crippen LogP contribution in [-0.2, 0) is 0 Å². The first kappa shape index (κ1) is 24.3. The summed E-state index contributed by atoms with van der Waals surface area (Å²) >= 11 is 5.93. The summed E-state index contributed by atoms with van der Waals surface area (Å²) in [5.74, 6) is -1.88. The second-order valence-electron chi connectivity index (χ2n) is 6.97. The maximum Gasteiger partial charge on any atom is 0.270 e. The maximum atomic E-state index is 13.0. The van der Waals surface area contributed by atoms with Gasteiger partial charge in [0.05, 0.1) is 15.5 Å². The molecule has 0 aliphatic heterocycles. The van der Waals surface area contributed by atoms with E-state index >= 15 is 0 Å². The smallest absolute Gasteiger partial charge is 0.270 e. The van der Waals surface area contributed by atoms with E-state index in [1.807, 2.05) is 0 Å². The molecule has 0 fully saturated rings. The predicted molar refractivity (Wildman–Crippen MR) is 124 cm³/mol. The van der Waals surface area contributed by atoms with Gasteiger partial charge < -0.3 is 16.0 Å². The fourth-order valence-corrected chi connectivity index (χ4v) is 3.06. The highest BCUT2D eigenvalue weighted by Crippen LogP contribution is 2.21. The van der Waals surface area contributed by atoms with Gasteiger partial charge in [-0.15, -0.1) is 0 Å². The van der Waals surface area contributed by atoms with Gasteiger partial charge in [0.2, 0.25) is 0 Å². The number of anilines is 1. The average molecular weight is 485 g/mol. The van der Waals surface area contributed by atoms with Crippen LogP contribution in [0.15, 0.2) is 66.7 Å². The summed E-state index contributed by atoms with van der Waals surface area (Å²) in [5.41, 5.74) is 0.761. The molecule has 0 spiro atoms. The highest BCUT2D eigenvalue weighted by molar-refractivity contribution is 6.33. The molecule has 34 heavy (non-hydrogen) atoms. The highest BCUT2D eigenvalue weighted by atomic mass is 35.5. The lowest BCUT2D eigenvalue weighted by Crippen LogP contribution is -2.34. The number of nitrogens with zero attached hydrogens (tertiary/aromatic N) is 1. The van der Waals surface area contributed by atoms with E-state index in [-0.39, 0.29) is 34.9 Å². The second-order valence-corrected chi connectivity index (χ2v) is 7.38. The molecule has 0 bridgehead atoms. The van der Waals surface area contributed by atoms with Crippen LogP contribution in [0.25, 0.3) is 0 Å². The summed E-state index contributed by atoms with van der Waals surface area (Å²) in [4.78, 5) is 46.9. The molecule has 0 saturated heterocycles. The summed E-state index contributed by atoms with van der Waals surface area (Å²) in [7, 11) is 0. The molecule has 0 radical (unpaired) electrons. The molecular formula is C23H18ClFN4O5. The molecule has 0 heterocycles. The van der Waals surface area contributed by atoms with Crippen molar-refractivity contribution in [3.05, 3.63) is 104 Å². The minimum Gasteiger partial charge on any atom is -0.350 e. The van der Waals surface area contributed by atoms with Crippen LogP contribution in [0, 0.1) is 15.9 Å². The third-order valence-electron chi connectivity index (χ3n) is 4.61. The van der Waals surface area contributed by atoms with Gasteiger partial charge in [-0.25, -0.2) is 4.39 Å². The molecule has 3 amide bonds. The Kier molecular flexibility index (Phi) is 7.88. The zero-order valence-electron chi connectivity index (χ0n) is 17.5. The molecule has 9 nitrogen and oxygen atoms in total. The number of carbonyl (C=O) groups is 3. The lowest BCUT2D eigenvalue weighted by molar-refractivity contribution is -0.384. The van der Waals surface area contributed by atoms with Crippen LogP contribution in [-0.4, -0.2) is 35.7 Å². The first-order valence-electron chi connectivity index (χ1n) is 9.92. The minimum atomic E-state index is -0.632. The standard InChI is InChI=1S/C23H18ClFN4O5/c24-20-10-9-18(29(33)34)13-19(20)23(32)27-12-11-26-21(30)14-3-7-17(8-4-14)28-22(31)15-1-5-16(25)6-2-15/h1-10,13H,11-12H2,(H,26,30)(H,27,32)(H,28,31). The van der Waals surface area contributed by atoms with Gasteiger partial charge in [-0.1, -0.05) is 11.6 Å². The fourth-order valence-electron chi connectivity index (χ4n) is 2.86. The Labute approximate surface area is 198 Å². The number of hydrogen-bond acceptors (Lipinski definition) is 5. The molecular weight excluding hydrogens is 467 g/mol. The van der Waals surface area contributed by atoms with Crippen LogP contribution < -0.4 is 16.0 Å². The molecule has 0 saturated carbocycles. The van der Waals surface area contributed by atoms with Crippen LogP contribution in [0.1, 0.15) is 31.1 Å². The molecule has 3 rings (SSSR count). The Morgan fingerprint density at radius 1 is 0.824 bits per heavy atom. The van der Waals surface area contributed by atoms with Gasteiger partial charge in [0.25, 0.3) is 23.4 Å². The number of benzene rings is 3. The normalized spacial score (nSPS) is 10.3. The summed E-state index contributed by atoms with van der Waals surface area (Å²) in [6.45, 7) is 0.162. The van der Waals surface area contributed by atoms with Crippen molar-refractivity contribution in [2.45, 2.75) is 0 Å². The quantitative estimate of drug-likeness (QED) is 0.254. The van der Waals surface area contributed by atoms with Crippen LogP contribution in [0.5, 0.6) is 0 Å². The monoisotopic (exact) mass is 484 g/mol. The summed E-state index contributed by atoms with van der Waals surface area (Å²) in [6.07, 6.45) is 0. The fraction of sp³-hybridized carbons (Fsp3) is 0.0870. The van der Waals surface area contributed by atoms with Gasteiger partial charge in [-0.2, -0.15) is 0 Å². The van der Waals surface area contributed by atoms with Crippen molar-refractivity contribution in [1.29, 1.82) is 0 Å². The van der Waals surface area contributed by atoms with Crippen molar-refractivity contribution in [1.82, 2.24) is 10.6 Å².